The van der Waals surface area contributed by atoms with Gasteiger partial charge in [0.15, 0.2) is 11.5 Å². The van der Waals surface area contributed by atoms with E-state index in [1.165, 1.54) is 23.3 Å². The van der Waals surface area contributed by atoms with Gasteiger partial charge in [0.2, 0.25) is 5.91 Å². The van der Waals surface area contributed by atoms with Crippen molar-refractivity contribution in [2.45, 2.75) is 39.4 Å². The minimum absolute atomic E-state index is 0.00832. The molecule has 0 spiro atoms. The first kappa shape index (κ1) is 24.0. The summed E-state index contributed by atoms with van der Waals surface area (Å²) >= 11 is 0. The van der Waals surface area contributed by atoms with E-state index in [1.54, 1.807) is 26.4 Å². The van der Waals surface area contributed by atoms with Gasteiger partial charge in [0.1, 0.15) is 5.82 Å². The maximum Gasteiger partial charge on any atom is 0.237 e. The molecule has 0 unspecified atom stereocenters. The summed E-state index contributed by atoms with van der Waals surface area (Å²) in [7, 11) is 3.30. The van der Waals surface area contributed by atoms with Crippen molar-refractivity contribution in [1.82, 2.24) is 15.1 Å². The first-order valence-electron chi connectivity index (χ1n) is 11.1. The van der Waals surface area contributed by atoms with Gasteiger partial charge in [-0.3, -0.25) is 14.6 Å². The lowest BCUT2D eigenvalue weighted by molar-refractivity contribution is -0.127. The van der Waals surface area contributed by atoms with Crippen LogP contribution >= 0.6 is 0 Å². The number of methoxy groups -OCH3 is 2. The molecule has 1 aliphatic rings. The van der Waals surface area contributed by atoms with E-state index in [1.807, 2.05) is 26.0 Å². The molecule has 2 aromatic rings. The van der Waals surface area contributed by atoms with Crippen LogP contribution in [0.2, 0.25) is 0 Å². The topological polar surface area (TPSA) is 54.0 Å². The van der Waals surface area contributed by atoms with E-state index in [2.05, 4.69) is 22.0 Å². The van der Waals surface area contributed by atoms with Crippen molar-refractivity contribution in [2.24, 2.45) is 0 Å². The van der Waals surface area contributed by atoms with Crippen molar-refractivity contribution < 1.29 is 18.7 Å². The average Bonchev–Trinajstić information content (AvgIpc) is 2.80. The number of carbonyl (C=O) groups is 1. The number of carbonyl (C=O) groups excluding carboxylic acids is 1. The number of hydrogen-bond acceptors (Lipinski definition) is 5. The predicted molar refractivity (Wildman–Crippen MR) is 124 cm³/mol. The number of nitrogens with one attached hydrogen (secondary N) is 1. The first-order valence-corrected chi connectivity index (χ1v) is 11.1. The molecule has 1 N–H and O–H groups in total. The van der Waals surface area contributed by atoms with Crippen LogP contribution in [0.15, 0.2) is 36.4 Å². The van der Waals surface area contributed by atoms with Crippen molar-refractivity contribution in [2.75, 3.05) is 40.4 Å². The molecule has 1 aliphatic heterocycles. The molecule has 2 atom stereocenters. The van der Waals surface area contributed by atoms with E-state index in [-0.39, 0.29) is 23.8 Å². The third kappa shape index (κ3) is 5.78. The summed E-state index contributed by atoms with van der Waals surface area (Å²) in [5.41, 5.74) is 3.28. The highest BCUT2D eigenvalue weighted by atomic mass is 19.1. The normalized spacial score (nSPS) is 16.9. The summed E-state index contributed by atoms with van der Waals surface area (Å²) in [4.78, 5) is 17.4. The molecule has 3 rings (SSSR count). The molecule has 7 heteroatoms. The maximum absolute atomic E-state index is 13.1. The molecule has 0 aromatic heterocycles. The molecule has 32 heavy (non-hydrogen) atoms. The predicted octanol–water partition coefficient (Wildman–Crippen LogP) is 3.53. The second kappa shape index (κ2) is 10.8. The number of halogens is 1. The van der Waals surface area contributed by atoms with E-state index >= 15 is 0 Å². The van der Waals surface area contributed by atoms with Crippen molar-refractivity contribution in [3.8, 4) is 11.5 Å². The van der Waals surface area contributed by atoms with Crippen molar-refractivity contribution in [1.29, 1.82) is 0 Å². The van der Waals surface area contributed by atoms with Gasteiger partial charge in [-0.05, 0) is 61.7 Å². The zero-order valence-corrected chi connectivity index (χ0v) is 19.7. The Hall–Kier alpha value is -2.64. The molecule has 1 fully saturated rings. The lowest BCUT2D eigenvalue weighted by atomic mass is 10.1. The molecule has 0 aliphatic carbocycles. The van der Waals surface area contributed by atoms with Gasteiger partial charge in [-0.25, -0.2) is 4.39 Å². The summed E-state index contributed by atoms with van der Waals surface area (Å²) in [5, 5.41) is 3.05. The van der Waals surface area contributed by atoms with Crippen molar-refractivity contribution >= 4 is 5.91 Å². The standard InChI is InChI=1S/C25H34FN3O3/c1-17-14-23(31-4)24(32-5)15-21(17)16-28-10-12-29(13-11-28)19(3)25(30)27-18(2)20-6-8-22(26)9-7-20/h6-9,14-15,18-19H,10-13,16H2,1-5H3,(H,27,30)/t18-,19-/m0/s1. The molecule has 1 heterocycles. The first-order chi connectivity index (χ1) is 15.3. The molecule has 1 saturated heterocycles. The summed E-state index contributed by atoms with van der Waals surface area (Å²) in [6, 6.07) is 9.93. The number of amides is 1. The molecule has 6 nitrogen and oxygen atoms in total. The second-order valence-corrected chi connectivity index (χ2v) is 8.40. The highest BCUT2D eigenvalue weighted by Crippen LogP contribution is 2.31. The molecular weight excluding hydrogens is 409 g/mol. The van der Waals surface area contributed by atoms with E-state index < -0.39 is 0 Å². The summed E-state index contributed by atoms with van der Waals surface area (Å²) in [6.07, 6.45) is 0. The smallest absolute Gasteiger partial charge is 0.237 e. The molecule has 0 bridgehead atoms. The molecule has 0 radical (unpaired) electrons. The number of nitrogens with zero attached hydrogens (tertiary/aromatic N) is 2. The SMILES string of the molecule is COc1cc(C)c(CN2CCN([C@@H](C)C(=O)N[C@@H](C)c3ccc(F)cc3)CC2)cc1OC. The van der Waals surface area contributed by atoms with Gasteiger partial charge < -0.3 is 14.8 Å². The van der Waals surface area contributed by atoms with Gasteiger partial charge in [-0.1, -0.05) is 12.1 Å². The van der Waals surface area contributed by atoms with Gasteiger partial charge in [0, 0.05) is 32.7 Å². The van der Waals surface area contributed by atoms with Crippen LogP contribution in [0.1, 0.15) is 36.6 Å². The number of aryl methyl sites for hydroxylation is 1. The second-order valence-electron chi connectivity index (χ2n) is 8.40. The molecule has 2 aromatic carbocycles. The van der Waals surface area contributed by atoms with Crippen LogP contribution in [0.5, 0.6) is 11.5 Å². The zero-order chi connectivity index (χ0) is 23.3. The number of benzene rings is 2. The summed E-state index contributed by atoms with van der Waals surface area (Å²) in [5.74, 6) is 1.20. The largest absolute Gasteiger partial charge is 0.493 e. The van der Waals surface area contributed by atoms with E-state index in [4.69, 9.17) is 9.47 Å². The van der Waals surface area contributed by atoms with Gasteiger partial charge in [-0.15, -0.1) is 0 Å². The highest BCUT2D eigenvalue weighted by Gasteiger charge is 2.27. The Balaban J connectivity index is 1.52. The fourth-order valence-electron chi connectivity index (χ4n) is 4.08. The number of piperazine rings is 1. The van der Waals surface area contributed by atoms with Crippen LogP contribution in [0, 0.1) is 12.7 Å². The number of rotatable bonds is 8. The van der Waals surface area contributed by atoms with Gasteiger partial charge in [-0.2, -0.15) is 0 Å². The van der Waals surface area contributed by atoms with Crippen LogP contribution in [-0.4, -0.2) is 62.1 Å². The monoisotopic (exact) mass is 443 g/mol. The summed E-state index contributed by atoms with van der Waals surface area (Å²) < 4.78 is 24.0. The zero-order valence-electron chi connectivity index (χ0n) is 19.7. The Morgan fingerprint density at radius 2 is 1.62 bits per heavy atom. The third-order valence-electron chi connectivity index (χ3n) is 6.30. The Bertz CT molecular complexity index is 911. The average molecular weight is 444 g/mol. The number of hydrogen-bond donors (Lipinski definition) is 1. The lowest BCUT2D eigenvalue weighted by Crippen LogP contribution is -2.53. The van der Waals surface area contributed by atoms with Gasteiger partial charge in [0.25, 0.3) is 0 Å². The van der Waals surface area contributed by atoms with Gasteiger partial charge >= 0.3 is 0 Å². The van der Waals surface area contributed by atoms with Crippen molar-refractivity contribution in [3.63, 3.8) is 0 Å². The van der Waals surface area contributed by atoms with Crippen molar-refractivity contribution in [3.05, 3.63) is 58.9 Å². The minimum Gasteiger partial charge on any atom is -0.493 e. The molecule has 1 amide bonds. The lowest BCUT2D eigenvalue weighted by Gasteiger charge is -2.38. The van der Waals surface area contributed by atoms with E-state index in [0.717, 1.165) is 49.8 Å². The molecule has 0 saturated carbocycles. The molecular formula is C25H34FN3O3. The van der Waals surface area contributed by atoms with Crippen LogP contribution < -0.4 is 14.8 Å². The van der Waals surface area contributed by atoms with Crippen LogP contribution in [0.4, 0.5) is 4.39 Å². The minimum atomic E-state index is -0.276. The number of ether oxygens (including phenoxy) is 2. The Morgan fingerprint density at radius 3 is 2.22 bits per heavy atom. The van der Waals surface area contributed by atoms with E-state index in [0.29, 0.717) is 0 Å². The van der Waals surface area contributed by atoms with Gasteiger partial charge in [0.05, 0.1) is 26.3 Å². The fourth-order valence-corrected chi connectivity index (χ4v) is 4.08. The Kier molecular flexibility index (Phi) is 8.10. The van der Waals surface area contributed by atoms with Crippen LogP contribution in [0.25, 0.3) is 0 Å². The Morgan fingerprint density at radius 1 is 1.03 bits per heavy atom. The van der Waals surface area contributed by atoms with Crippen LogP contribution in [-0.2, 0) is 11.3 Å². The maximum atomic E-state index is 13.1. The summed E-state index contributed by atoms with van der Waals surface area (Å²) in [6.45, 7) is 10.2. The Labute approximate surface area is 190 Å². The van der Waals surface area contributed by atoms with E-state index in [9.17, 15) is 9.18 Å². The highest BCUT2D eigenvalue weighted by molar-refractivity contribution is 5.81. The fraction of sp³-hybridized carbons (Fsp3) is 0.480. The quantitative estimate of drug-likeness (QED) is 0.677. The third-order valence-corrected chi connectivity index (χ3v) is 6.30. The van der Waals surface area contributed by atoms with Crippen LogP contribution in [0.3, 0.4) is 0 Å². The molecule has 174 valence electrons.